The van der Waals surface area contributed by atoms with Crippen molar-refractivity contribution in [2.75, 3.05) is 6.98 Å². The quantitative estimate of drug-likeness (QED) is 0.133. The Morgan fingerprint density at radius 2 is 1.56 bits per heavy atom. The topological polar surface area (TPSA) is 46.0 Å². The van der Waals surface area contributed by atoms with Gasteiger partial charge in [0.1, 0.15) is 21.3 Å². The zero-order valence-electron chi connectivity index (χ0n) is 29.0. The van der Waals surface area contributed by atoms with Gasteiger partial charge in [0.25, 0.3) is 11.4 Å². The van der Waals surface area contributed by atoms with E-state index in [-0.39, 0.29) is 31.9 Å². The van der Waals surface area contributed by atoms with Crippen molar-refractivity contribution in [3.63, 3.8) is 0 Å². The monoisotopic (exact) mass is 775 g/mol. The van der Waals surface area contributed by atoms with E-state index in [9.17, 15) is 0 Å². The molecule has 0 radical (unpaired) electrons. The van der Waals surface area contributed by atoms with Crippen LogP contribution in [-0.2, 0) is 31.9 Å². The summed E-state index contributed by atoms with van der Waals surface area (Å²) in [7, 11) is 0. The van der Waals surface area contributed by atoms with Crippen molar-refractivity contribution in [3.8, 4) is 17.3 Å². The van der Waals surface area contributed by atoms with Crippen LogP contribution in [0.4, 0.5) is 17.1 Å². The average Bonchev–Trinajstić information content (AvgIpc) is 3.57. The third-order valence-electron chi connectivity index (χ3n) is 7.97. The van der Waals surface area contributed by atoms with Crippen LogP contribution in [0, 0.1) is 12.1 Å². The zero-order valence-corrected chi connectivity index (χ0v) is 28.3. The fraction of sp³-hybridized carbons (Fsp3) is 0.237. The van der Waals surface area contributed by atoms with Crippen LogP contribution in [0.15, 0.2) is 85.2 Å². The molecule has 0 spiro atoms. The summed E-state index contributed by atoms with van der Waals surface area (Å²) in [5, 5.41) is 1.98. The molecule has 6 aromatic rings. The molecule has 45 heavy (non-hydrogen) atoms. The van der Waals surface area contributed by atoms with E-state index >= 15 is 0 Å². The fourth-order valence-corrected chi connectivity index (χ4v) is 5.53. The third kappa shape index (κ3) is 5.54. The fourth-order valence-electron chi connectivity index (χ4n) is 5.53. The number of ether oxygens (including phenoxy) is 1. The van der Waals surface area contributed by atoms with Gasteiger partial charge in [-0.1, -0.05) is 86.5 Å². The molecule has 7 heteroatoms. The summed E-state index contributed by atoms with van der Waals surface area (Å²) in [4.78, 5) is 9.48. The summed E-state index contributed by atoms with van der Waals surface area (Å²) in [5.41, 5.74) is 5.32. The van der Waals surface area contributed by atoms with Crippen molar-refractivity contribution < 1.29 is 34.5 Å². The van der Waals surface area contributed by atoms with Gasteiger partial charge in [-0.15, -0.1) is 29.1 Å². The molecule has 0 saturated heterocycles. The normalized spacial score (nSPS) is 14.2. The zero-order chi connectivity index (χ0) is 33.3. The van der Waals surface area contributed by atoms with Crippen LogP contribution in [0.2, 0.25) is 0 Å². The second-order valence-corrected chi connectivity index (χ2v) is 13.2. The Labute approximate surface area is 282 Å². The molecule has 0 unspecified atom stereocenters. The molecule has 0 N–H and O–H groups in total. The Morgan fingerprint density at radius 1 is 0.778 bits per heavy atom. The molecule has 0 bridgehead atoms. The minimum Gasteiger partial charge on any atom is -0.509 e. The van der Waals surface area contributed by atoms with E-state index in [1.807, 2.05) is 65.4 Å². The van der Waals surface area contributed by atoms with E-state index in [2.05, 4.69) is 71.8 Å². The molecule has 6 nitrogen and oxygen atoms in total. The van der Waals surface area contributed by atoms with Crippen molar-refractivity contribution in [2.45, 2.75) is 52.4 Å². The van der Waals surface area contributed by atoms with Crippen LogP contribution in [0.25, 0.3) is 27.8 Å². The number of benzene rings is 3. The van der Waals surface area contributed by atoms with Gasteiger partial charge in [-0.3, -0.25) is 0 Å². The second kappa shape index (κ2) is 11.2. The molecule has 0 atom stereocenters. The molecule has 1 aliphatic rings. The Kier molecular flexibility index (Phi) is 6.72. The van der Waals surface area contributed by atoms with E-state index in [4.69, 9.17) is 18.8 Å². The first-order chi connectivity index (χ1) is 22.2. The summed E-state index contributed by atoms with van der Waals surface area (Å²) < 4.78 is 35.8. The van der Waals surface area contributed by atoms with Crippen LogP contribution in [-0.4, -0.2) is 32.1 Å². The van der Waals surface area contributed by atoms with Crippen LogP contribution >= 0.6 is 0 Å². The third-order valence-corrected chi connectivity index (χ3v) is 7.97. The Hall–Kier alpha value is -4.37. The maximum atomic E-state index is 8.09. The Balaban J connectivity index is 0.00000401. The molecule has 3 aromatic heterocycles. The van der Waals surface area contributed by atoms with Crippen LogP contribution in [0.5, 0.6) is 11.5 Å². The molecular weight excluding hydrogens is 738 g/mol. The summed E-state index contributed by atoms with van der Waals surface area (Å²) in [6, 6.07) is 33.3. The molecule has 4 heterocycles. The minimum atomic E-state index is -2.40. The molecule has 0 saturated carbocycles. The predicted octanol–water partition coefficient (Wildman–Crippen LogP) is 8.85. The van der Waals surface area contributed by atoms with Crippen LogP contribution in [0.1, 0.15) is 56.8 Å². The van der Waals surface area contributed by atoms with Gasteiger partial charge in [-0.2, -0.15) is 6.07 Å². The number of fused-ring (bicyclic) bond motifs is 4. The molecule has 226 valence electrons. The van der Waals surface area contributed by atoms with Gasteiger partial charge in [0.15, 0.2) is 6.98 Å². The summed E-state index contributed by atoms with van der Waals surface area (Å²) in [5.74, 6) is 1.73. The van der Waals surface area contributed by atoms with Crippen molar-refractivity contribution in [2.24, 2.45) is 0 Å². The summed E-state index contributed by atoms with van der Waals surface area (Å²) >= 11 is 0. The van der Waals surface area contributed by atoms with Gasteiger partial charge >= 0.3 is 27.1 Å². The Bertz CT molecular complexity index is 2290. The second-order valence-electron chi connectivity index (χ2n) is 13.2. The van der Waals surface area contributed by atoms with Crippen LogP contribution < -0.4 is 9.31 Å². The molecule has 0 fully saturated rings. The van der Waals surface area contributed by atoms with Crippen molar-refractivity contribution in [1.29, 1.82) is 0 Å². The molecule has 7 rings (SSSR count). The SMILES string of the molecule is [2H]C([2H])([2H])[N+]1=C=[N+](c2[c-]c(Oc3[c-]c4c(cc3)c3cccnc3n4-c3cc(C(C)(C)C)ccn3)cc(C(C)(C)C)c2)c2ccccc21.[Pt+2]. The largest absolute Gasteiger partial charge is 2.00 e. The molecule has 0 aliphatic carbocycles. The molecule has 1 aliphatic heterocycles. The first-order valence-corrected chi connectivity index (χ1v) is 14.7. The van der Waals surface area contributed by atoms with E-state index < -0.39 is 6.98 Å². The van der Waals surface area contributed by atoms with Crippen LogP contribution in [0.3, 0.4) is 0 Å². The van der Waals surface area contributed by atoms with Crippen molar-refractivity contribution >= 4 is 45.0 Å². The standard InChI is InChI=1S/C38H35N5O.Pt/c1-37(2,3)25-16-18-39-35(21-25)43-34-23-28(14-15-30(34)31-11-10-17-40-36(31)43)44-29-20-26(38(4,5)6)19-27(22-29)42-24-41(7)32-12-8-9-13-33(32)42;/h8-21H,1-7H3;/q;+2/i7D3;. The van der Waals surface area contributed by atoms with Crippen molar-refractivity contribution in [1.82, 2.24) is 19.1 Å². The number of para-hydroxylation sites is 2. The minimum absolute atomic E-state index is 0. The Morgan fingerprint density at radius 3 is 2.31 bits per heavy atom. The number of pyridine rings is 2. The smallest absolute Gasteiger partial charge is 0.509 e. The first kappa shape index (κ1) is 27.0. The van der Waals surface area contributed by atoms with Gasteiger partial charge in [0.05, 0.1) is 0 Å². The number of rotatable bonds is 4. The van der Waals surface area contributed by atoms with Gasteiger partial charge in [0.2, 0.25) is 0 Å². The summed E-state index contributed by atoms with van der Waals surface area (Å²) in [6.45, 7) is 10.5. The van der Waals surface area contributed by atoms with Gasteiger partial charge in [-0.05, 0) is 40.0 Å². The van der Waals surface area contributed by atoms with E-state index in [0.717, 1.165) is 38.9 Å². The number of aromatic nitrogens is 3. The first-order valence-electron chi connectivity index (χ1n) is 16.2. The number of nitrogens with zero attached hydrogens (tertiary/aromatic N) is 5. The average molecular weight is 776 g/mol. The number of hydrogen-bond donors (Lipinski definition) is 0. The maximum absolute atomic E-state index is 8.09. The molecule has 3 aromatic carbocycles. The maximum Gasteiger partial charge on any atom is 2.00 e. The van der Waals surface area contributed by atoms with E-state index in [1.165, 1.54) is 4.58 Å². The predicted molar refractivity (Wildman–Crippen MR) is 177 cm³/mol. The number of hydrogen-bond acceptors (Lipinski definition) is 3. The van der Waals surface area contributed by atoms with E-state index in [0.29, 0.717) is 28.6 Å². The van der Waals surface area contributed by atoms with Gasteiger partial charge in [-0.25, -0.2) is 9.97 Å². The van der Waals surface area contributed by atoms with Crippen molar-refractivity contribution in [3.05, 3.63) is 108 Å². The molecule has 0 amide bonds. The molecular formula is C38H35N5OPt+2. The summed E-state index contributed by atoms with van der Waals surface area (Å²) in [6.07, 6.45) is 3.62. The van der Waals surface area contributed by atoms with E-state index in [1.54, 1.807) is 16.8 Å². The van der Waals surface area contributed by atoms with Gasteiger partial charge in [0, 0.05) is 36.0 Å². The van der Waals surface area contributed by atoms with Gasteiger partial charge < -0.3 is 9.30 Å².